The molecule has 6 rings (SSSR count). The molecule has 188 valence electrons. The summed E-state index contributed by atoms with van der Waals surface area (Å²) >= 11 is 0. The fourth-order valence-corrected chi connectivity index (χ4v) is 6.37. The molecule has 4 aliphatic rings. The van der Waals surface area contributed by atoms with Gasteiger partial charge >= 0.3 is 0 Å². The van der Waals surface area contributed by atoms with Crippen molar-refractivity contribution in [3.63, 3.8) is 0 Å². The second kappa shape index (κ2) is 9.81. The minimum absolute atomic E-state index is 0.240. The molecule has 0 aromatic carbocycles. The van der Waals surface area contributed by atoms with Crippen LogP contribution in [0.1, 0.15) is 42.5 Å². The normalized spacial score (nSPS) is 28.7. The van der Waals surface area contributed by atoms with Gasteiger partial charge in [0.25, 0.3) is 0 Å². The first-order valence-electron chi connectivity index (χ1n) is 13.3. The molecule has 0 radical (unpaired) electrons. The predicted molar refractivity (Wildman–Crippen MR) is 140 cm³/mol. The summed E-state index contributed by atoms with van der Waals surface area (Å²) in [6.07, 6.45) is 11.8. The Morgan fingerprint density at radius 2 is 1.97 bits per heavy atom. The van der Waals surface area contributed by atoms with Crippen LogP contribution in [0.15, 0.2) is 36.7 Å². The highest BCUT2D eigenvalue weighted by atomic mass is 16.5. The molecule has 3 fully saturated rings. The van der Waals surface area contributed by atoms with Gasteiger partial charge in [0.05, 0.1) is 24.0 Å². The Labute approximate surface area is 213 Å². The molecule has 0 saturated carbocycles. The molecular formula is C28H35N7O. The molecule has 8 heteroatoms. The number of nitrogens with one attached hydrogen (secondary N) is 1. The van der Waals surface area contributed by atoms with Crippen molar-refractivity contribution in [2.45, 2.75) is 50.4 Å². The molecule has 3 atom stereocenters. The van der Waals surface area contributed by atoms with Crippen molar-refractivity contribution in [1.82, 2.24) is 25.1 Å². The maximum absolute atomic E-state index is 10.7. The van der Waals surface area contributed by atoms with Crippen LogP contribution in [0.3, 0.4) is 0 Å². The van der Waals surface area contributed by atoms with E-state index in [1.165, 1.54) is 12.8 Å². The largest absolute Gasteiger partial charge is 0.472 e. The summed E-state index contributed by atoms with van der Waals surface area (Å²) in [7, 11) is 0. The van der Waals surface area contributed by atoms with E-state index in [2.05, 4.69) is 51.2 Å². The van der Waals surface area contributed by atoms with Gasteiger partial charge in [0.2, 0.25) is 0 Å². The van der Waals surface area contributed by atoms with E-state index >= 15 is 0 Å². The van der Waals surface area contributed by atoms with E-state index in [0.717, 1.165) is 80.6 Å². The number of aromatic nitrogens is 2. The van der Waals surface area contributed by atoms with Gasteiger partial charge in [-0.05, 0) is 50.1 Å². The Morgan fingerprint density at radius 3 is 2.78 bits per heavy atom. The quantitative estimate of drug-likeness (QED) is 0.708. The summed E-state index contributed by atoms with van der Waals surface area (Å²) in [5.41, 5.74) is 2.23. The number of rotatable bonds is 4. The van der Waals surface area contributed by atoms with Crippen molar-refractivity contribution in [3.05, 3.63) is 53.5 Å². The van der Waals surface area contributed by atoms with Crippen LogP contribution < -0.4 is 15.0 Å². The van der Waals surface area contributed by atoms with E-state index in [9.17, 15) is 5.26 Å². The zero-order valence-electron chi connectivity index (χ0n) is 21.1. The summed E-state index contributed by atoms with van der Waals surface area (Å²) in [4.78, 5) is 16.7. The smallest absolute Gasteiger partial charge is 0.169 e. The van der Waals surface area contributed by atoms with Crippen LogP contribution in [-0.2, 0) is 5.54 Å². The van der Waals surface area contributed by atoms with Crippen LogP contribution in [0, 0.1) is 18.3 Å². The van der Waals surface area contributed by atoms with Crippen LogP contribution in [0.4, 0.5) is 5.82 Å². The van der Waals surface area contributed by atoms with Gasteiger partial charge in [-0.3, -0.25) is 9.88 Å². The van der Waals surface area contributed by atoms with E-state index in [0.29, 0.717) is 6.42 Å². The first-order valence-corrected chi connectivity index (χ1v) is 13.3. The number of piperazine rings is 2. The Bertz CT molecular complexity index is 1150. The maximum Gasteiger partial charge on any atom is 0.169 e. The lowest BCUT2D eigenvalue weighted by atomic mass is 9.80. The van der Waals surface area contributed by atoms with Gasteiger partial charge in [-0.2, -0.15) is 5.26 Å². The van der Waals surface area contributed by atoms with E-state index in [-0.39, 0.29) is 12.3 Å². The topological polar surface area (TPSA) is 80.5 Å². The Hall–Kier alpha value is -2.99. The number of nitriles is 1. The van der Waals surface area contributed by atoms with Crippen molar-refractivity contribution in [1.29, 1.82) is 5.26 Å². The van der Waals surface area contributed by atoms with E-state index in [1.54, 1.807) is 0 Å². The Morgan fingerprint density at radius 1 is 1.08 bits per heavy atom. The number of anilines is 1. The number of aryl methyl sites for hydroxylation is 1. The van der Waals surface area contributed by atoms with Crippen molar-refractivity contribution in [3.8, 4) is 11.8 Å². The Balaban J connectivity index is 1.34. The van der Waals surface area contributed by atoms with E-state index < -0.39 is 5.54 Å². The maximum atomic E-state index is 10.7. The van der Waals surface area contributed by atoms with Gasteiger partial charge in [-0.1, -0.05) is 18.6 Å². The van der Waals surface area contributed by atoms with Gasteiger partial charge < -0.3 is 15.0 Å². The summed E-state index contributed by atoms with van der Waals surface area (Å²) in [5, 5.41) is 14.1. The standard InChI is InChI=1S/C28H35N7O/c1-21-9-11-31-26-23(21)5-4-10-28(26,20-29)35-18-17-33-14-3-2-6-24(33)27(35)36-22-7-8-25(32-19-22)34-15-12-30-13-16-34/h4-5,7-9,11,19,24,27,30H,2-3,6,10,12-18H2,1H3/t24-,27?,28+/m0/s1. The molecule has 1 N–H and O–H groups in total. The fourth-order valence-electron chi connectivity index (χ4n) is 6.37. The second-order valence-corrected chi connectivity index (χ2v) is 10.4. The number of piperidine rings is 1. The van der Waals surface area contributed by atoms with Gasteiger partial charge in [0.15, 0.2) is 11.8 Å². The molecule has 36 heavy (non-hydrogen) atoms. The highest BCUT2D eigenvalue weighted by molar-refractivity contribution is 5.62. The monoisotopic (exact) mass is 485 g/mol. The third-order valence-electron chi connectivity index (χ3n) is 8.32. The highest BCUT2D eigenvalue weighted by Crippen LogP contribution is 2.42. The minimum atomic E-state index is -0.849. The van der Waals surface area contributed by atoms with Crippen LogP contribution in [-0.4, -0.2) is 77.9 Å². The van der Waals surface area contributed by atoms with Crippen molar-refractivity contribution < 1.29 is 4.74 Å². The van der Waals surface area contributed by atoms with Gasteiger partial charge in [0, 0.05) is 57.4 Å². The first-order chi connectivity index (χ1) is 17.7. The lowest BCUT2D eigenvalue weighted by Crippen LogP contribution is -2.67. The minimum Gasteiger partial charge on any atom is -0.472 e. The SMILES string of the molecule is Cc1ccnc2c1C=CC[C@]2(C#N)N1CCN2CCCC[C@H]2C1Oc1ccc(N2CCNCC2)nc1. The second-order valence-electron chi connectivity index (χ2n) is 10.4. The molecule has 2 aromatic heterocycles. The van der Waals surface area contributed by atoms with Crippen LogP contribution in [0.25, 0.3) is 6.08 Å². The zero-order chi connectivity index (χ0) is 24.5. The molecule has 5 heterocycles. The summed E-state index contributed by atoms with van der Waals surface area (Å²) in [6.45, 7) is 8.78. The average molecular weight is 486 g/mol. The fraction of sp³-hybridized carbons (Fsp3) is 0.536. The molecular weight excluding hydrogens is 450 g/mol. The molecule has 2 aromatic rings. The average Bonchev–Trinajstić information content (AvgIpc) is 2.94. The van der Waals surface area contributed by atoms with Crippen LogP contribution in [0.2, 0.25) is 0 Å². The summed E-state index contributed by atoms with van der Waals surface area (Å²) in [5.74, 6) is 1.75. The predicted octanol–water partition coefficient (Wildman–Crippen LogP) is 2.91. The number of pyridine rings is 2. The molecule has 1 aliphatic carbocycles. The number of hydrogen-bond acceptors (Lipinski definition) is 8. The summed E-state index contributed by atoms with van der Waals surface area (Å²) in [6, 6.07) is 9.09. The van der Waals surface area contributed by atoms with Crippen LogP contribution in [0.5, 0.6) is 5.75 Å². The van der Waals surface area contributed by atoms with Crippen molar-refractivity contribution in [2.24, 2.45) is 0 Å². The zero-order valence-corrected chi connectivity index (χ0v) is 21.1. The molecule has 0 spiro atoms. The molecule has 3 aliphatic heterocycles. The van der Waals surface area contributed by atoms with E-state index in [1.807, 2.05) is 24.5 Å². The summed E-state index contributed by atoms with van der Waals surface area (Å²) < 4.78 is 6.79. The third-order valence-corrected chi connectivity index (χ3v) is 8.32. The van der Waals surface area contributed by atoms with Gasteiger partial charge in [-0.25, -0.2) is 9.88 Å². The van der Waals surface area contributed by atoms with Crippen molar-refractivity contribution >= 4 is 11.9 Å². The Kier molecular flexibility index (Phi) is 6.38. The molecule has 8 nitrogen and oxygen atoms in total. The molecule has 3 saturated heterocycles. The number of ether oxygens (including phenoxy) is 1. The number of fused-ring (bicyclic) bond motifs is 2. The number of hydrogen-bond donors (Lipinski definition) is 1. The molecule has 0 amide bonds. The third kappa shape index (κ3) is 4.05. The molecule has 1 unspecified atom stereocenters. The van der Waals surface area contributed by atoms with E-state index in [4.69, 9.17) is 14.7 Å². The van der Waals surface area contributed by atoms with Gasteiger partial charge in [-0.15, -0.1) is 0 Å². The first kappa shape index (κ1) is 23.4. The lowest BCUT2D eigenvalue weighted by Gasteiger charge is -2.53. The number of nitrogens with zero attached hydrogens (tertiary/aromatic N) is 6. The van der Waals surface area contributed by atoms with Crippen molar-refractivity contribution in [2.75, 3.05) is 50.7 Å². The van der Waals surface area contributed by atoms with Crippen LogP contribution >= 0.6 is 0 Å². The highest BCUT2D eigenvalue weighted by Gasteiger charge is 2.51. The van der Waals surface area contributed by atoms with Gasteiger partial charge in [0.1, 0.15) is 11.6 Å². The lowest BCUT2D eigenvalue weighted by molar-refractivity contribution is -0.129. The molecule has 0 bridgehead atoms.